The normalized spacial score (nSPS) is 20.0. The molecule has 5 nitrogen and oxygen atoms in total. The number of hydrogen-bond acceptors (Lipinski definition) is 3. The summed E-state index contributed by atoms with van der Waals surface area (Å²) in [5.41, 5.74) is 2.13. The molecule has 2 aliphatic heterocycles. The summed E-state index contributed by atoms with van der Waals surface area (Å²) in [4.78, 5) is 27.7. The first-order chi connectivity index (χ1) is 11.6. The molecule has 24 heavy (non-hydrogen) atoms. The van der Waals surface area contributed by atoms with E-state index in [0.717, 1.165) is 10.4 Å². The molecule has 2 aliphatic rings. The number of halogens is 1. The Bertz CT molecular complexity index is 830. The second-order valence-electron chi connectivity index (χ2n) is 5.72. The second-order valence-corrected chi connectivity index (χ2v) is 7.18. The van der Waals surface area contributed by atoms with Crippen molar-refractivity contribution < 1.29 is 9.59 Å². The lowest BCUT2D eigenvalue weighted by atomic mass is 9.96. The number of benzene rings is 1. The summed E-state index contributed by atoms with van der Waals surface area (Å²) in [7, 11) is 0. The topological polar surface area (TPSA) is 61.4 Å². The van der Waals surface area contributed by atoms with Crippen LogP contribution in [0.1, 0.15) is 16.5 Å². The fraction of sp³-hybridized carbons (Fsp3) is 0.176. The molecule has 0 saturated heterocycles. The summed E-state index contributed by atoms with van der Waals surface area (Å²) in [5, 5.41) is 8.22. The van der Waals surface area contributed by atoms with Crippen molar-refractivity contribution in [3.05, 3.63) is 68.5 Å². The number of nitrogens with zero attached hydrogens (tertiary/aromatic N) is 1. The molecule has 1 atom stereocenters. The lowest BCUT2D eigenvalue weighted by Crippen LogP contribution is -2.44. The Kier molecular flexibility index (Phi) is 3.78. The van der Waals surface area contributed by atoms with Crippen LogP contribution in [0.3, 0.4) is 0 Å². The van der Waals surface area contributed by atoms with Gasteiger partial charge in [0.25, 0.3) is 5.91 Å². The van der Waals surface area contributed by atoms with E-state index < -0.39 is 6.04 Å². The number of thiophene rings is 1. The van der Waals surface area contributed by atoms with Crippen molar-refractivity contribution in [3.8, 4) is 0 Å². The molecule has 1 aromatic carbocycles. The number of urea groups is 1. The smallest absolute Gasteiger partial charge is 0.319 e. The van der Waals surface area contributed by atoms with Crippen molar-refractivity contribution in [3.63, 3.8) is 0 Å². The minimum atomic E-state index is -0.452. The summed E-state index contributed by atoms with van der Waals surface area (Å²) < 4.78 is 0. The van der Waals surface area contributed by atoms with Crippen molar-refractivity contribution in [1.82, 2.24) is 15.5 Å². The summed E-state index contributed by atoms with van der Waals surface area (Å²) in [6, 6.07) is 10.4. The van der Waals surface area contributed by atoms with Gasteiger partial charge in [0.15, 0.2) is 0 Å². The van der Waals surface area contributed by atoms with Crippen LogP contribution in [0.15, 0.2) is 53.0 Å². The van der Waals surface area contributed by atoms with Gasteiger partial charge in [-0.05, 0) is 29.1 Å². The zero-order chi connectivity index (χ0) is 16.7. The Labute approximate surface area is 147 Å². The van der Waals surface area contributed by atoms with Crippen LogP contribution in [0.2, 0.25) is 5.02 Å². The van der Waals surface area contributed by atoms with E-state index >= 15 is 0 Å². The highest BCUT2D eigenvalue weighted by Crippen LogP contribution is 2.33. The van der Waals surface area contributed by atoms with E-state index in [0.29, 0.717) is 29.4 Å². The lowest BCUT2D eigenvalue weighted by Gasteiger charge is -2.25. The van der Waals surface area contributed by atoms with Crippen LogP contribution in [-0.4, -0.2) is 23.4 Å². The highest BCUT2D eigenvalue weighted by Gasteiger charge is 2.40. The van der Waals surface area contributed by atoms with Crippen LogP contribution in [0.25, 0.3) is 0 Å². The molecule has 2 aromatic rings. The van der Waals surface area contributed by atoms with Gasteiger partial charge < -0.3 is 15.5 Å². The Hall–Kier alpha value is -2.31. The minimum absolute atomic E-state index is 0.0501. The van der Waals surface area contributed by atoms with E-state index in [1.165, 1.54) is 0 Å². The van der Waals surface area contributed by atoms with Gasteiger partial charge in [0.2, 0.25) is 0 Å². The molecule has 0 spiro atoms. The first-order valence-corrected chi connectivity index (χ1v) is 8.75. The predicted octanol–water partition coefficient (Wildman–Crippen LogP) is 3.05. The van der Waals surface area contributed by atoms with Crippen LogP contribution in [-0.2, 0) is 11.3 Å². The van der Waals surface area contributed by atoms with Gasteiger partial charge in [0, 0.05) is 9.90 Å². The molecule has 3 heterocycles. The molecule has 4 rings (SSSR count). The van der Waals surface area contributed by atoms with Gasteiger partial charge in [-0.15, -0.1) is 11.3 Å². The summed E-state index contributed by atoms with van der Waals surface area (Å²) in [6.45, 7) is 0.969. The largest absolute Gasteiger partial charge is 0.328 e. The van der Waals surface area contributed by atoms with E-state index in [1.807, 2.05) is 29.6 Å². The number of rotatable bonds is 3. The van der Waals surface area contributed by atoms with Gasteiger partial charge in [0.05, 0.1) is 30.4 Å². The SMILES string of the molecule is O=C1NC2=C(C(=O)N(Cc3cccs3)C2)[C@@H](c2ccc(Cl)cc2)N1. The molecule has 0 aliphatic carbocycles. The molecule has 2 N–H and O–H groups in total. The van der Waals surface area contributed by atoms with Crippen molar-refractivity contribution in [2.24, 2.45) is 0 Å². The Balaban J connectivity index is 1.64. The maximum absolute atomic E-state index is 12.9. The average molecular weight is 360 g/mol. The fourth-order valence-corrected chi connectivity index (χ4v) is 3.90. The molecule has 122 valence electrons. The molecule has 0 radical (unpaired) electrons. The number of hydrogen-bond donors (Lipinski definition) is 2. The third-order valence-corrected chi connectivity index (χ3v) is 5.26. The average Bonchev–Trinajstić information content (AvgIpc) is 3.17. The van der Waals surface area contributed by atoms with E-state index in [2.05, 4.69) is 10.6 Å². The van der Waals surface area contributed by atoms with Crippen LogP contribution < -0.4 is 10.6 Å². The van der Waals surface area contributed by atoms with Gasteiger partial charge in [-0.25, -0.2) is 4.79 Å². The summed E-state index contributed by atoms with van der Waals surface area (Å²) in [6.07, 6.45) is 0. The van der Waals surface area contributed by atoms with Crippen molar-refractivity contribution in [2.75, 3.05) is 6.54 Å². The maximum Gasteiger partial charge on any atom is 0.319 e. The van der Waals surface area contributed by atoms with E-state index in [4.69, 9.17) is 11.6 Å². The Morgan fingerprint density at radius 2 is 2.00 bits per heavy atom. The van der Waals surface area contributed by atoms with Crippen molar-refractivity contribution >= 4 is 34.9 Å². The molecule has 7 heteroatoms. The van der Waals surface area contributed by atoms with Crippen molar-refractivity contribution in [2.45, 2.75) is 12.6 Å². The number of carbonyl (C=O) groups excluding carboxylic acids is 2. The molecule has 3 amide bonds. The van der Waals surface area contributed by atoms with Gasteiger partial charge in [-0.3, -0.25) is 4.79 Å². The maximum atomic E-state index is 12.9. The molecule has 0 bridgehead atoms. The van der Waals surface area contributed by atoms with Crippen LogP contribution in [0.4, 0.5) is 4.79 Å². The first kappa shape index (κ1) is 15.2. The van der Waals surface area contributed by atoms with Gasteiger partial charge in [-0.2, -0.15) is 0 Å². The minimum Gasteiger partial charge on any atom is -0.328 e. The molecule has 0 unspecified atom stereocenters. The molecular formula is C17H14ClN3O2S. The van der Waals surface area contributed by atoms with Crippen LogP contribution in [0, 0.1) is 0 Å². The van der Waals surface area contributed by atoms with E-state index in [9.17, 15) is 9.59 Å². The highest BCUT2D eigenvalue weighted by atomic mass is 35.5. The number of carbonyl (C=O) groups is 2. The molecular weight excluding hydrogens is 346 g/mol. The third kappa shape index (κ3) is 2.68. The monoisotopic (exact) mass is 359 g/mol. The van der Waals surface area contributed by atoms with E-state index in [1.54, 1.807) is 28.4 Å². The molecule has 0 fully saturated rings. The van der Waals surface area contributed by atoms with Gasteiger partial charge in [-0.1, -0.05) is 29.8 Å². The standard InChI is InChI=1S/C17H14ClN3O2S/c18-11-5-3-10(4-6-11)15-14-13(19-17(23)20-15)9-21(16(14)22)8-12-2-1-7-24-12/h1-7,15H,8-9H2,(H2,19,20,23)/t15-/m1/s1. The Morgan fingerprint density at radius 3 is 2.71 bits per heavy atom. The zero-order valence-electron chi connectivity index (χ0n) is 12.6. The third-order valence-electron chi connectivity index (χ3n) is 4.15. The summed E-state index contributed by atoms with van der Waals surface area (Å²) >= 11 is 7.55. The van der Waals surface area contributed by atoms with Gasteiger partial charge >= 0.3 is 6.03 Å². The quantitative estimate of drug-likeness (QED) is 0.884. The Morgan fingerprint density at radius 1 is 1.21 bits per heavy atom. The first-order valence-electron chi connectivity index (χ1n) is 7.49. The lowest BCUT2D eigenvalue weighted by molar-refractivity contribution is -0.126. The van der Waals surface area contributed by atoms with Gasteiger partial charge in [0.1, 0.15) is 0 Å². The number of nitrogens with one attached hydrogen (secondary N) is 2. The van der Waals surface area contributed by atoms with E-state index in [-0.39, 0.29) is 11.9 Å². The summed E-state index contributed by atoms with van der Waals surface area (Å²) in [5.74, 6) is -0.0501. The van der Waals surface area contributed by atoms with Crippen LogP contribution in [0.5, 0.6) is 0 Å². The highest BCUT2D eigenvalue weighted by molar-refractivity contribution is 7.09. The van der Waals surface area contributed by atoms with Crippen molar-refractivity contribution in [1.29, 1.82) is 0 Å². The predicted molar refractivity (Wildman–Crippen MR) is 92.6 cm³/mol. The molecule has 0 saturated carbocycles. The van der Waals surface area contributed by atoms with Crippen LogP contribution >= 0.6 is 22.9 Å². The number of amides is 3. The fourth-order valence-electron chi connectivity index (χ4n) is 3.05. The second kappa shape index (κ2) is 5.96. The zero-order valence-corrected chi connectivity index (χ0v) is 14.2. The molecule has 1 aromatic heterocycles.